The second-order valence-corrected chi connectivity index (χ2v) is 6.69. The Morgan fingerprint density at radius 1 is 1.04 bits per heavy atom. The van der Waals surface area contributed by atoms with Crippen LogP contribution in [0.3, 0.4) is 0 Å². The van der Waals surface area contributed by atoms with E-state index in [1.165, 1.54) is 16.4 Å². The molecule has 1 aromatic heterocycles. The van der Waals surface area contributed by atoms with Crippen LogP contribution in [0.2, 0.25) is 0 Å². The number of benzene rings is 2. The molecule has 0 spiro atoms. The number of nitrogen functional groups attached to an aromatic ring is 1. The Bertz CT molecular complexity index is 871. The zero-order valence-electron chi connectivity index (χ0n) is 14.1. The number of aryl methyl sites for hydroxylation is 2. The molecule has 7 heteroatoms. The number of amides is 1. The molecule has 6 nitrogen and oxygen atoms in total. The van der Waals surface area contributed by atoms with Crippen molar-refractivity contribution in [2.75, 3.05) is 16.9 Å². The van der Waals surface area contributed by atoms with Crippen molar-refractivity contribution in [1.29, 1.82) is 0 Å². The zero-order valence-corrected chi connectivity index (χ0v) is 14.9. The number of nitrogens with zero attached hydrogens (tertiary/aromatic N) is 3. The van der Waals surface area contributed by atoms with Gasteiger partial charge in [-0.05, 0) is 26.0 Å². The summed E-state index contributed by atoms with van der Waals surface area (Å²) < 4.78 is 1.41. The van der Waals surface area contributed by atoms with Gasteiger partial charge in [0, 0.05) is 11.3 Å². The van der Waals surface area contributed by atoms with E-state index in [9.17, 15) is 4.79 Å². The number of nitrogens with two attached hydrogens (primary N) is 1. The summed E-state index contributed by atoms with van der Waals surface area (Å²) in [6, 6.07) is 15.5. The van der Waals surface area contributed by atoms with Crippen LogP contribution in [0.15, 0.2) is 53.7 Å². The Morgan fingerprint density at radius 2 is 1.64 bits per heavy atom. The highest BCUT2D eigenvalue weighted by Crippen LogP contribution is 2.22. The van der Waals surface area contributed by atoms with E-state index in [-0.39, 0.29) is 11.7 Å². The maximum atomic E-state index is 12.1. The van der Waals surface area contributed by atoms with Crippen LogP contribution >= 0.6 is 11.8 Å². The molecule has 0 bridgehead atoms. The zero-order chi connectivity index (χ0) is 17.8. The summed E-state index contributed by atoms with van der Waals surface area (Å²) in [6.07, 6.45) is 0. The highest BCUT2D eigenvalue weighted by Gasteiger charge is 2.13. The molecule has 0 aliphatic carbocycles. The van der Waals surface area contributed by atoms with Gasteiger partial charge in [-0.15, -0.1) is 10.2 Å². The van der Waals surface area contributed by atoms with E-state index in [4.69, 9.17) is 5.84 Å². The minimum absolute atomic E-state index is 0.117. The molecular formula is C18H19N5OS. The van der Waals surface area contributed by atoms with E-state index in [1.54, 1.807) is 0 Å². The lowest BCUT2D eigenvalue weighted by Crippen LogP contribution is -2.16. The third-order valence-corrected chi connectivity index (χ3v) is 4.59. The van der Waals surface area contributed by atoms with Crippen LogP contribution in [0.4, 0.5) is 5.69 Å². The van der Waals surface area contributed by atoms with Gasteiger partial charge in [0.2, 0.25) is 11.1 Å². The molecule has 3 rings (SSSR count). The van der Waals surface area contributed by atoms with Gasteiger partial charge in [-0.3, -0.25) is 4.79 Å². The van der Waals surface area contributed by atoms with Crippen molar-refractivity contribution in [3.8, 4) is 11.4 Å². The number of nitrogens with one attached hydrogen (secondary N) is 1. The highest BCUT2D eigenvalue weighted by atomic mass is 32.2. The molecule has 0 saturated carbocycles. The number of aromatic nitrogens is 3. The van der Waals surface area contributed by atoms with Gasteiger partial charge >= 0.3 is 0 Å². The fourth-order valence-corrected chi connectivity index (χ4v) is 2.90. The second-order valence-electron chi connectivity index (χ2n) is 5.75. The molecule has 0 saturated heterocycles. The summed E-state index contributed by atoms with van der Waals surface area (Å²) in [5.74, 6) is 6.73. The molecule has 0 atom stereocenters. The smallest absolute Gasteiger partial charge is 0.234 e. The van der Waals surface area contributed by atoms with Gasteiger partial charge in [0.25, 0.3) is 0 Å². The lowest BCUT2D eigenvalue weighted by Gasteiger charge is -2.06. The minimum atomic E-state index is -0.117. The Morgan fingerprint density at radius 3 is 2.28 bits per heavy atom. The Balaban J connectivity index is 1.62. The molecule has 0 aliphatic rings. The van der Waals surface area contributed by atoms with E-state index in [0.717, 1.165) is 22.4 Å². The molecule has 0 aliphatic heterocycles. The van der Waals surface area contributed by atoms with Crippen LogP contribution in [0.1, 0.15) is 11.1 Å². The van der Waals surface area contributed by atoms with Gasteiger partial charge in [-0.25, -0.2) is 4.68 Å². The Hall–Kier alpha value is -2.80. The first-order valence-corrected chi connectivity index (χ1v) is 8.78. The SMILES string of the molecule is Cc1ccc(NC(=O)CSc2nnc(-c3ccc(C)cc3)n2N)cc1. The van der Waals surface area contributed by atoms with Crippen molar-refractivity contribution < 1.29 is 4.79 Å². The lowest BCUT2D eigenvalue weighted by molar-refractivity contribution is -0.113. The van der Waals surface area contributed by atoms with E-state index in [2.05, 4.69) is 15.5 Å². The second kappa shape index (κ2) is 7.40. The number of carbonyl (C=O) groups excluding carboxylic acids is 1. The van der Waals surface area contributed by atoms with Crippen LogP contribution in [0.5, 0.6) is 0 Å². The van der Waals surface area contributed by atoms with E-state index < -0.39 is 0 Å². The normalized spacial score (nSPS) is 10.6. The van der Waals surface area contributed by atoms with Crippen LogP contribution in [0.25, 0.3) is 11.4 Å². The summed E-state index contributed by atoms with van der Waals surface area (Å²) in [6.45, 7) is 4.02. The van der Waals surface area contributed by atoms with E-state index >= 15 is 0 Å². The molecule has 0 radical (unpaired) electrons. The predicted molar refractivity (Wildman–Crippen MR) is 101 cm³/mol. The van der Waals surface area contributed by atoms with Crippen molar-refractivity contribution >= 4 is 23.4 Å². The summed E-state index contributed by atoms with van der Waals surface area (Å²) in [5, 5.41) is 11.5. The van der Waals surface area contributed by atoms with Gasteiger partial charge in [0.1, 0.15) is 0 Å². The monoisotopic (exact) mass is 353 g/mol. The maximum Gasteiger partial charge on any atom is 0.234 e. The molecule has 1 heterocycles. The Kier molecular flexibility index (Phi) is 5.04. The Labute approximate surface area is 150 Å². The van der Waals surface area contributed by atoms with Crippen LogP contribution in [-0.2, 0) is 4.79 Å². The van der Waals surface area contributed by atoms with Gasteiger partial charge in [0.05, 0.1) is 5.75 Å². The summed E-state index contributed by atoms with van der Waals surface area (Å²) in [5.41, 5.74) is 3.96. The minimum Gasteiger partial charge on any atom is -0.335 e. The van der Waals surface area contributed by atoms with E-state index in [0.29, 0.717) is 11.0 Å². The fourth-order valence-electron chi connectivity index (χ4n) is 2.24. The molecule has 25 heavy (non-hydrogen) atoms. The molecule has 0 unspecified atom stereocenters. The number of anilines is 1. The lowest BCUT2D eigenvalue weighted by atomic mass is 10.1. The largest absolute Gasteiger partial charge is 0.335 e. The summed E-state index contributed by atoms with van der Waals surface area (Å²) in [7, 11) is 0. The average molecular weight is 353 g/mol. The summed E-state index contributed by atoms with van der Waals surface area (Å²) in [4.78, 5) is 12.1. The molecule has 3 aromatic rings. The average Bonchev–Trinajstić information content (AvgIpc) is 2.97. The van der Waals surface area contributed by atoms with Crippen molar-refractivity contribution in [3.63, 3.8) is 0 Å². The third kappa shape index (κ3) is 4.19. The summed E-state index contributed by atoms with van der Waals surface area (Å²) >= 11 is 1.25. The molecule has 2 aromatic carbocycles. The highest BCUT2D eigenvalue weighted by molar-refractivity contribution is 7.99. The molecule has 1 amide bonds. The number of hydrogen-bond acceptors (Lipinski definition) is 5. The first-order valence-electron chi connectivity index (χ1n) is 7.80. The van der Waals surface area contributed by atoms with Gasteiger partial charge in [-0.2, -0.15) is 0 Å². The number of carbonyl (C=O) groups is 1. The third-order valence-electron chi connectivity index (χ3n) is 3.64. The molecular weight excluding hydrogens is 334 g/mol. The van der Waals surface area contributed by atoms with Crippen LogP contribution in [-0.4, -0.2) is 26.5 Å². The van der Waals surface area contributed by atoms with Crippen LogP contribution in [0, 0.1) is 13.8 Å². The molecule has 3 N–H and O–H groups in total. The van der Waals surface area contributed by atoms with Gasteiger partial charge < -0.3 is 11.2 Å². The molecule has 0 fully saturated rings. The first kappa shape index (κ1) is 17.0. The first-order chi connectivity index (χ1) is 12.0. The van der Waals surface area contributed by atoms with Crippen molar-refractivity contribution in [1.82, 2.24) is 14.9 Å². The van der Waals surface area contributed by atoms with Crippen molar-refractivity contribution in [2.45, 2.75) is 19.0 Å². The number of thioether (sulfide) groups is 1. The topological polar surface area (TPSA) is 85.8 Å². The van der Waals surface area contributed by atoms with Crippen molar-refractivity contribution in [2.24, 2.45) is 0 Å². The van der Waals surface area contributed by atoms with Gasteiger partial charge in [0.15, 0.2) is 5.82 Å². The van der Waals surface area contributed by atoms with E-state index in [1.807, 2.05) is 62.4 Å². The van der Waals surface area contributed by atoms with Crippen molar-refractivity contribution in [3.05, 3.63) is 59.7 Å². The van der Waals surface area contributed by atoms with Gasteiger partial charge in [-0.1, -0.05) is 59.3 Å². The van der Waals surface area contributed by atoms with Crippen LogP contribution < -0.4 is 11.2 Å². The number of rotatable bonds is 5. The fraction of sp³-hybridized carbons (Fsp3) is 0.167. The maximum absolute atomic E-state index is 12.1. The molecule has 128 valence electrons. The number of hydrogen-bond donors (Lipinski definition) is 2. The quantitative estimate of drug-likeness (QED) is 0.544. The standard InChI is InChI=1S/C18H19N5OS/c1-12-3-7-14(8-4-12)17-21-22-18(23(17)19)25-11-16(24)20-15-9-5-13(2)6-10-15/h3-10H,11,19H2,1-2H3,(H,20,24). The predicted octanol–water partition coefficient (Wildman–Crippen LogP) is 3.01.